The Balaban J connectivity index is 2.00. The van der Waals surface area contributed by atoms with Gasteiger partial charge in [0.1, 0.15) is 0 Å². The summed E-state index contributed by atoms with van der Waals surface area (Å²) in [6, 6.07) is 17.9. The van der Waals surface area contributed by atoms with Gasteiger partial charge in [-0.15, -0.1) is 0 Å². The minimum absolute atomic E-state index is 0.244. The van der Waals surface area contributed by atoms with Crippen molar-refractivity contribution in [3.05, 3.63) is 78.1 Å². The molecule has 5 heteroatoms. The molecule has 0 saturated carbocycles. The fourth-order valence-electron chi connectivity index (χ4n) is 2.46. The molecular formula is C19H18N2O2S. The average Bonchev–Trinajstić information content (AvgIpc) is 2.55. The number of aryl methyl sites for hydroxylation is 2. The lowest BCUT2D eigenvalue weighted by Crippen LogP contribution is -2.13. The highest BCUT2D eigenvalue weighted by molar-refractivity contribution is 7.92. The summed E-state index contributed by atoms with van der Waals surface area (Å²) in [5.41, 5.74) is 4.18. The van der Waals surface area contributed by atoms with E-state index in [9.17, 15) is 8.42 Å². The zero-order valence-corrected chi connectivity index (χ0v) is 14.3. The topological polar surface area (TPSA) is 59.1 Å². The maximum Gasteiger partial charge on any atom is 0.261 e. The van der Waals surface area contributed by atoms with E-state index < -0.39 is 10.0 Å². The molecule has 0 fully saturated rings. The number of hydrogen-bond acceptors (Lipinski definition) is 3. The molecule has 3 rings (SSSR count). The van der Waals surface area contributed by atoms with Gasteiger partial charge in [0.05, 0.1) is 10.6 Å². The molecule has 0 unspecified atom stereocenters. The van der Waals surface area contributed by atoms with Crippen LogP contribution < -0.4 is 4.72 Å². The van der Waals surface area contributed by atoms with Crippen LogP contribution in [0.2, 0.25) is 0 Å². The number of rotatable bonds is 4. The molecule has 0 radical (unpaired) electrons. The number of para-hydroxylation sites is 1. The Morgan fingerprint density at radius 2 is 1.62 bits per heavy atom. The van der Waals surface area contributed by atoms with Crippen molar-refractivity contribution < 1.29 is 8.42 Å². The number of nitrogens with one attached hydrogen (secondary N) is 1. The first-order valence-corrected chi connectivity index (χ1v) is 9.05. The molecule has 1 heterocycles. The number of hydrogen-bond donors (Lipinski definition) is 1. The number of pyridine rings is 1. The lowest BCUT2D eigenvalue weighted by molar-refractivity contribution is 0.601. The predicted molar refractivity (Wildman–Crippen MR) is 96.4 cm³/mol. The first kappa shape index (κ1) is 16.2. The van der Waals surface area contributed by atoms with Gasteiger partial charge in [0.2, 0.25) is 0 Å². The number of benzene rings is 2. The third-order valence-electron chi connectivity index (χ3n) is 3.71. The molecule has 0 aliphatic heterocycles. The first-order valence-electron chi connectivity index (χ1n) is 7.57. The van der Waals surface area contributed by atoms with Crippen LogP contribution in [0.4, 0.5) is 5.69 Å². The van der Waals surface area contributed by atoms with Crippen LogP contribution in [0.25, 0.3) is 11.1 Å². The van der Waals surface area contributed by atoms with E-state index >= 15 is 0 Å². The Hall–Kier alpha value is -2.66. The van der Waals surface area contributed by atoms with Crippen LogP contribution in [-0.2, 0) is 10.0 Å². The van der Waals surface area contributed by atoms with E-state index in [4.69, 9.17) is 0 Å². The minimum atomic E-state index is -3.64. The van der Waals surface area contributed by atoms with Crippen molar-refractivity contribution in [3.8, 4) is 11.1 Å². The van der Waals surface area contributed by atoms with Crippen LogP contribution in [-0.4, -0.2) is 13.4 Å². The second kappa shape index (κ2) is 6.45. The van der Waals surface area contributed by atoms with Crippen LogP contribution >= 0.6 is 0 Å². The molecule has 1 aromatic heterocycles. The number of sulfonamides is 1. The van der Waals surface area contributed by atoms with E-state index in [1.165, 1.54) is 0 Å². The standard InChI is InChI=1S/C19H18N2O2S/c1-14-7-9-17(10-8-14)24(22,23)21-19-6-4-3-5-18(19)16-11-12-20-15(2)13-16/h3-13,21H,1-2H3. The molecule has 1 N–H and O–H groups in total. The van der Waals surface area contributed by atoms with E-state index in [1.807, 2.05) is 44.2 Å². The summed E-state index contributed by atoms with van der Waals surface area (Å²) in [5.74, 6) is 0. The van der Waals surface area contributed by atoms with Gasteiger partial charge in [0.25, 0.3) is 10.0 Å². The van der Waals surface area contributed by atoms with Gasteiger partial charge in [-0.2, -0.15) is 0 Å². The Kier molecular flexibility index (Phi) is 4.36. The summed E-state index contributed by atoms with van der Waals surface area (Å²) in [5, 5.41) is 0. The zero-order chi connectivity index (χ0) is 17.2. The molecule has 0 aliphatic rings. The van der Waals surface area contributed by atoms with Crippen molar-refractivity contribution in [1.82, 2.24) is 4.98 Å². The van der Waals surface area contributed by atoms with Gasteiger partial charge in [-0.1, -0.05) is 35.9 Å². The summed E-state index contributed by atoms with van der Waals surface area (Å²) in [6.07, 6.45) is 1.72. The highest BCUT2D eigenvalue weighted by atomic mass is 32.2. The summed E-state index contributed by atoms with van der Waals surface area (Å²) in [7, 11) is -3.64. The van der Waals surface area contributed by atoms with Gasteiger partial charge in [-0.25, -0.2) is 8.42 Å². The molecule has 0 amide bonds. The maximum absolute atomic E-state index is 12.6. The highest BCUT2D eigenvalue weighted by Gasteiger charge is 2.16. The second-order valence-electron chi connectivity index (χ2n) is 5.65. The summed E-state index contributed by atoms with van der Waals surface area (Å²) >= 11 is 0. The molecule has 0 bridgehead atoms. The van der Waals surface area contributed by atoms with Crippen molar-refractivity contribution in [1.29, 1.82) is 0 Å². The van der Waals surface area contributed by atoms with E-state index in [0.717, 1.165) is 22.4 Å². The average molecular weight is 338 g/mol. The second-order valence-corrected chi connectivity index (χ2v) is 7.33. The Labute approximate surface area is 142 Å². The van der Waals surface area contributed by atoms with Gasteiger partial charge in [-0.3, -0.25) is 9.71 Å². The Morgan fingerprint density at radius 1 is 0.917 bits per heavy atom. The van der Waals surface area contributed by atoms with E-state index in [0.29, 0.717) is 5.69 Å². The van der Waals surface area contributed by atoms with Crippen molar-refractivity contribution in [2.75, 3.05) is 4.72 Å². The summed E-state index contributed by atoms with van der Waals surface area (Å²) in [4.78, 5) is 4.43. The minimum Gasteiger partial charge on any atom is -0.279 e. The van der Waals surface area contributed by atoms with E-state index in [2.05, 4.69) is 9.71 Å². The molecule has 2 aromatic carbocycles. The quantitative estimate of drug-likeness (QED) is 0.777. The van der Waals surface area contributed by atoms with Crippen LogP contribution in [0.3, 0.4) is 0 Å². The molecule has 122 valence electrons. The van der Waals surface area contributed by atoms with Crippen molar-refractivity contribution in [2.45, 2.75) is 18.7 Å². The lowest BCUT2D eigenvalue weighted by Gasteiger charge is -2.13. The van der Waals surface area contributed by atoms with Crippen LogP contribution in [0.1, 0.15) is 11.3 Å². The van der Waals surface area contributed by atoms with Crippen molar-refractivity contribution in [3.63, 3.8) is 0 Å². The molecular weight excluding hydrogens is 320 g/mol. The molecule has 24 heavy (non-hydrogen) atoms. The third-order valence-corrected chi connectivity index (χ3v) is 5.09. The zero-order valence-electron chi connectivity index (χ0n) is 13.5. The number of aromatic nitrogens is 1. The lowest BCUT2D eigenvalue weighted by atomic mass is 10.0. The smallest absolute Gasteiger partial charge is 0.261 e. The molecule has 4 nitrogen and oxygen atoms in total. The highest BCUT2D eigenvalue weighted by Crippen LogP contribution is 2.29. The van der Waals surface area contributed by atoms with Crippen molar-refractivity contribution in [2.24, 2.45) is 0 Å². The van der Waals surface area contributed by atoms with Crippen LogP contribution in [0, 0.1) is 13.8 Å². The fourth-order valence-corrected chi connectivity index (χ4v) is 3.54. The monoisotopic (exact) mass is 338 g/mol. The Morgan fingerprint density at radius 3 is 2.33 bits per heavy atom. The molecule has 0 spiro atoms. The van der Waals surface area contributed by atoms with E-state index in [-0.39, 0.29) is 4.90 Å². The fraction of sp³-hybridized carbons (Fsp3) is 0.105. The van der Waals surface area contributed by atoms with Gasteiger partial charge in [0, 0.05) is 17.5 Å². The number of nitrogens with zero attached hydrogens (tertiary/aromatic N) is 1. The summed E-state index contributed by atoms with van der Waals surface area (Å²) in [6.45, 7) is 3.83. The van der Waals surface area contributed by atoms with Gasteiger partial charge in [-0.05, 0) is 49.7 Å². The molecule has 0 atom stereocenters. The van der Waals surface area contributed by atoms with E-state index in [1.54, 1.807) is 36.5 Å². The third kappa shape index (κ3) is 3.46. The molecule has 3 aromatic rings. The first-order chi connectivity index (χ1) is 11.5. The molecule has 0 aliphatic carbocycles. The van der Waals surface area contributed by atoms with Gasteiger partial charge < -0.3 is 0 Å². The van der Waals surface area contributed by atoms with Gasteiger partial charge in [0.15, 0.2) is 0 Å². The van der Waals surface area contributed by atoms with Crippen molar-refractivity contribution >= 4 is 15.7 Å². The van der Waals surface area contributed by atoms with Crippen LogP contribution in [0.5, 0.6) is 0 Å². The van der Waals surface area contributed by atoms with Gasteiger partial charge >= 0.3 is 0 Å². The number of anilines is 1. The largest absolute Gasteiger partial charge is 0.279 e. The van der Waals surface area contributed by atoms with Crippen LogP contribution in [0.15, 0.2) is 71.8 Å². The molecule has 0 saturated heterocycles. The maximum atomic E-state index is 12.6. The SMILES string of the molecule is Cc1ccc(S(=O)(=O)Nc2ccccc2-c2ccnc(C)c2)cc1. The Bertz CT molecular complexity index is 965. The normalized spacial score (nSPS) is 11.2. The predicted octanol–water partition coefficient (Wildman–Crippen LogP) is 4.17. The summed E-state index contributed by atoms with van der Waals surface area (Å²) < 4.78 is 28.0.